The Balaban J connectivity index is 1.59. The molecule has 132 valence electrons. The monoisotopic (exact) mass is 368 g/mol. The summed E-state index contributed by atoms with van der Waals surface area (Å²) in [5.41, 5.74) is 0. The summed E-state index contributed by atoms with van der Waals surface area (Å²) in [6.45, 7) is 5.82. The van der Waals surface area contributed by atoms with Crippen molar-refractivity contribution < 1.29 is 9.59 Å². The molecule has 2 unspecified atom stereocenters. The van der Waals surface area contributed by atoms with Crippen LogP contribution in [0.25, 0.3) is 0 Å². The van der Waals surface area contributed by atoms with Crippen molar-refractivity contribution in [1.82, 2.24) is 15.1 Å². The molecule has 0 N–H and O–H groups in total. The summed E-state index contributed by atoms with van der Waals surface area (Å²) in [7, 11) is 0. The Bertz CT molecular complexity index is 607. The van der Waals surface area contributed by atoms with Crippen LogP contribution in [0.15, 0.2) is 4.34 Å². The maximum absolute atomic E-state index is 12.6. The van der Waals surface area contributed by atoms with E-state index in [-0.39, 0.29) is 17.9 Å². The minimum atomic E-state index is 0.0113. The normalized spacial score (nSPS) is 24.0. The number of hydrogen-bond donors (Lipinski definition) is 0. The lowest BCUT2D eigenvalue weighted by molar-refractivity contribution is -0.134. The number of piperidine rings is 1. The molecular formula is C16H24N4O2S2. The fraction of sp³-hybridized carbons (Fsp3) is 0.750. The average molecular weight is 369 g/mol. The van der Waals surface area contributed by atoms with Crippen LogP contribution in [0.1, 0.15) is 52.9 Å². The van der Waals surface area contributed by atoms with Crippen LogP contribution < -0.4 is 4.90 Å². The van der Waals surface area contributed by atoms with Gasteiger partial charge in [-0.15, -0.1) is 10.2 Å². The van der Waals surface area contributed by atoms with Crippen LogP contribution in [0.4, 0.5) is 5.13 Å². The van der Waals surface area contributed by atoms with Crippen molar-refractivity contribution in [3.8, 4) is 0 Å². The fourth-order valence-electron chi connectivity index (χ4n) is 3.35. The Labute approximate surface area is 151 Å². The summed E-state index contributed by atoms with van der Waals surface area (Å²) >= 11 is 2.83. The molecule has 1 saturated carbocycles. The minimum absolute atomic E-state index is 0.0113. The smallest absolute Gasteiger partial charge is 0.233 e. The zero-order valence-electron chi connectivity index (χ0n) is 14.4. The van der Waals surface area contributed by atoms with Crippen LogP contribution in [0.3, 0.4) is 0 Å². The van der Waals surface area contributed by atoms with Gasteiger partial charge < -0.3 is 4.90 Å². The summed E-state index contributed by atoms with van der Waals surface area (Å²) in [5.74, 6) is 0.562. The largest absolute Gasteiger partial charge is 0.337 e. The minimum Gasteiger partial charge on any atom is -0.337 e. The molecule has 1 aliphatic heterocycles. The molecule has 2 atom stereocenters. The predicted octanol–water partition coefficient (Wildman–Crippen LogP) is 2.94. The van der Waals surface area contributed by atoms with Gasteiger partial charge in [0.15, 0.2) is 4.34 Å². The summed E-state index contributed by atoms with van der Waals surface area (Å²) in [6, 6.07) is 0.912. The van der Waals surface area contributed by atoms with Gasteiger partial charge in [0.1, 0.15) is 0 Å². The van der Waals surface area contributed by atoms with Crippen LogP contribution >= 0.6 is 23.1 Å². The molecule has 1 saturated heterocycles. The molecule has 0 radical (unpaired) electrons. The number of anilines is 1. The van der Waals surface area contributed by atoms with E-state index >= 15 is 0 Å². The third-order valence-corrected chi connectivity index (χ3v) is 6.69. The van der Waals surface area contributed by atoms with Crippen molar-refractivity contribution in [2.24, 2.45) is 0 Å². The summed E-state index contributed by atoms with van der Waals surface area (Å²) < 4.78 is 0.752. The van der Waals surface area contributed by atoms with Gasteiger partial charge in [0.05, 0.1) is 5.75 Å². The highest BCUT2D eigenvalue weighted by atomic mass is 32.2. The van der Waals surface area contributed by atoms with Crippen LogP contribution in [-0.2, 0) is 9.59 Å². The second-order valence-corrected chi connectivity index (χ2v) is 8.87. The van der Waals surface area contributed by atoms with Crippen molar-refractivity contribution in [3.63, 3.8) is 0 Å². The van der Waals surface area contributed by atoms with Crippen LogP contribution in [-0.4, -0.2) is 50.8 Å². The van der Waals surface area contributed by atoms with Crippen LogP contribution in [0.2, 0.25) is 0 Å². The summed E-state index contributed by atoms with van der Waals surface area (Å²) in [6.07, 6.45) is 5.42. The molecule has 24 heavy (non-hydrogen) atoms. The third kappa shape index (κ3) is 3.91. The molecule has 2 amide bonds. The maximum atomic E-state index is 12.6. The number of carbonyl (C=O) groups is 2. The molecule has 8 heteroatoms. The zero-order valence-corrected chi connectivity index (χ0v) is 16.0. The van der Waals surface area contributed by atoms with Gasteiger partial charge >= 0.3 is 0 Å². The molecule has 1 aliphatic carbocycles. The van der Waals surface area contributed by atoms with E-state index in [1.807, 2.05) is 4.90 Å². The Kier molecular flexibility index (Phi) is 5.44. The van der Waals surface area contributed by atoms with Gasteiger partial charge in [0, 0.05) is 25.0 Å². The maximum Gasteiger partial charge on any atom is 0.233 e. The van der Waals surface area contributed by atoms with E-state index in [0.29, 0.717) is 23.0 Å². The number of aromatic nitrogens is 2. The molecule has 6 nitrogen and oxygen atoms in total. The first-order valence-electron chi connectivity index (χ1n) is 8.54. The summed E-state index contributed by atoms with van der Waals surface area (Å²) in [4.78, 5) is 28.1. The standard InChI is InChI=1S/C16H24N4O2S2/c1-10-5-4-6-11(2)19(10)14(22)9-23-16-18-17-15(24-16)20(12(3)21)13-7-8-13/h10-11,13H,4-9H2,1-3H3. The molecule has 0 spiro atoms. The van der Waals surface area contributed by atoms with E-state index in [1.165, 1.54) is 29.5 Å². The number of thioether (sulfide) groups is 1. The van der Waals surface area contributed by atoms with Crippen molar-refractivity contribution in [2.75, 3.05) is 10.7 Å². The van der Waals surface area contributed by atoms with E-state index in [9.17, 15) is 9.59 Å². The Morgan fingerprint density at radius 2 is 1.88 bits per heavy atom. The predicted molar refractivity (Wildman–Crippen MR) is 96.4 cm³/mol. The highest BCUT2D eigenvalue weighted by Gasteiger charge is 2.34. The van der Waals surface area contributed by atoms with Crippen molar-refractivity contribution in [2.45, 2.75) is 75.3 Å². The van der Waals surface area contributed by atoms with Gasteiger partial charge in [-0.3, -0.25) is 14.5 Å². The van der Waals surface area contributed by atoms with Gasteiger partial charge in [0.2, 0.25) is 16.9 Å². The van der Waals surface area contributed by atoms with Gasteiger partial charge in [-0.25, -0.2) is 0 Å². The van der Waals surface area contributed by atoms with Crippen molar-refractivity contribution in [1.29, 1.82) is 0 Å². The highest BCUT2D eigenvalue weighted by molar-refractivity contribution is 8.01. The van der Waals surface area contributed by atoms with Crippen LogP contribution in [0.5, 0.6) is 0 Å². The van der Waals surface area contributed by atoms with Crippen molar-refractivity contribution in [3.05, 3.63) is 0 Å². The lowest BCUT2D eigenvalue weighted by Gasteiger charge is -2.39. The van der Waals surface area contributed by atoms with Gasteiger partial charge in [-0.1, -0.05) is 23.1 Å². The van der Waals surface area contributed by atoms with E-state index in [1.54, 1.807) is 11.8 Å². The number of hydrogen-bond acceptors (Lipinski definition) is 6. The van der Waals surface area contributed by atoms with E-state index in [0.717, 1.165) is 30.0 Å². The van der Waals surface area contributed by atoms with Crippen molar-refractivity contribution >= 4 is 40.0 Å². The van der Waals surface area contributed by atoms with Gasteiger partial charge in [-0.05, 0) is 46.0 Å². The molecule has 2 fully saturated rings. The summed E-state index contributed by atoms with van der Waals surface area (Å²) in [5, 5.41) is 8.95. The molecule has 3 rings (SSSR count). The Morgan fingerprint density at radius 3 is 2.46 bits per heavy atom. The van der Waals surface area contributed by atoms with Crippen LogP contribution in [0, 0.1) is 0 Å². The third-order valence-electron chi connectivity index (χ3n) is 4.65. The van der Waals surface area contributed by atoms with E-state index < -0.39 is 0 Å². The Morgan fingerprint density at radius 1 is 1.21 bits per heavy atom. The second kappa shape index (κ2) is 7.39. The first-order valence-corrected chi connectivity index (χ1v) is 10.3. The Hall–Kier alpha value is -1.15. The lowest BCUT2D eigenvalue weighted by Crippen LogP contribution is -2.48. The highest BCUT2D eigenvalue weighted by Crippen LogP contribution is 2.36. The molecule has 2 aliphatic rings. The van der Waals surface area contributed by atoms with Gasteiger partial charge in [-0.2, -0.15) is 0 Å². The molecular weight excluding hydrogens is 344 g/mol. The zero-order chi connectivity index (χ0) is 17.3. The first-order chi connectivity index (χ1) is 11.5. The van der Waals surface area contributed by atoms with E-state index in [4.69, 9.17) is 0 Å². The number of amides is 2. The quantitative estimate of drug-likeness (QED) is 0.590. The molecule has 1 aromatic heterocycles. The van der Waals surface area contributed by atoms with Gasteiger partial charge in [0.25, 0.3) is 0 Å². The fourth-order valence-corrected chi connectivity index (χ4v) is 5.18. The number of nitrogens with zero attached hydrogens (tertiary/aromatic N) is 4. The molecule has 2 heterocycles. The second-order valence-electron chi connectivity index (χ2n) is 6.69. The lowest BCUT2D eigenvalue weighted by atomic mass is 9.98. The molecule has 1 aromatic rings. The topological polar surface area (TPSA) is 66.4 Å². The average Bonchev–Trinajstić information content (AvgIpc) is 3.23. The number of rotatable bonds is 5. The molecule has 0 aromatic carbocycles. The number of carbonyl (C=O) groups excluding carboxylic acids is 2. The van der Waals surface area contributed by atoms with E-state index in [2.05, 4.69) is 24.0 Å². The number of likely N-dealkylation sites (tertiary alicyclic amines) is 1. The molecule has 0 bridgehead atoms. The SMILES string of the molecule is CC(=O)N(c1nnc(SCC(=O)N2C(C)CCCC2C)s1)C1CC1. The first kappa shape index (κ1) is 17.7.